The summed E-state index contributed by atoms with van der Waals surface area (Å²) >= 11 is 0. The van der Waals surface area contributed by atoms with Crippen molar-refractivity contribution >= 4 is 17.9 Å². The second-order valence-electron chi connectivity index (χ2n) is 4.69. The lowest BCUT2D eigenvalue weighted by Gasteiger charge is -2.31. The summed E-state index contributed by atoms with van der Waals surface area (Å²) in [7, 11) is 1.43. The Morgan fingerprint density at radius 2 is 1.17 bits per heavy atom. The molecule has 0 N–H and O–H groups in total. The van der Waals surface area contributed by atoms with Gasteiger partial charge in [0.25, 0.3) is 0 Å². The van der Waals surface area contributed by atoms with Gasteiger partial charge in [-0.3, -0.25) is 0 Å². The van der Waals surface area contributed by atoms with Gasteiger partial charge < -0.3 is 23.7 Å². The summed E-state index contributed by atoms with van der Waals surface area (Å²) in [5.41, 5.74) is -1.13. The number of carbonyl (C=O) groups excluding carboxylic acids is 3. The first-order valence-corrected chi connectivity index (χ1v) is 6.87. The van der Waals surface area contributed by atoms with Crippen LogP contribution in [0, 0.1) is 5.41 Å². The molecule has 0 aromatic rings. The zero-order valence-electron chi connectivity index (χ0n) is 13.7. The number of hydrogen-bond acceptors (Lipinski definition) is 8. The molecule has 0 aliphatic carbocycles. The molecule has 134 valence electrons. The van der Waals surface area contributed by atoms with Gasteiger partial charge in [0.1, 0.15) is 26.6 Å². The Kier molecular flexibility index (Phi) is 10.8. The largest absolute Gasteiger partial charge is 0.462 e. The SMILES string of the molecule is C=CC(=O)OCC(COCOC)(COC(=O)C=C)COC(=O)C=C. The number of hydrogen-bond donors (Lipinski definition) is 0. The molecule has 0 fully saturated rings. The Hall–Kier alpha value is -2.45. The van der Waals surface area contributed by atoms with Crippen LogP contribution in [-0.4, -0.2) is 58.2 Å². The molecule has 0 amide bonds. The molecule has 0 aliphatic heterocycles. The molecule has 8 heteroatoms. The van der Waals surface area contributed by atoms with Crippen molar-refractivity contribution in [2.45, 2.75) is 0 Å². The predicted molar refractivity (Wildman–Crippen MR) is 83.7 cm³/mol. The zero-order valence-corrected chi connectivity index (χ0v) is 13.7. The van der Waals surface area contributed by atoms with Crippen LogP contribution in [0.1, 0.15) is 0 Å². The molecule has 0 saturated heterocycles. The molecule has 0 radical (unpaired) electrons. The van der Waals surface area contributed by atoms with E-state index < -0.39 is 23.3 Å². The summed E-state index contributed by atoms with van der Waals surface area (Å²) in [5, 5.41) is 0. The third kappa shape index (κ3) is 8.86. The van der Waals surface area contributed by atoms with Crippen molar-refractivity contribution in [2.24, 2.45) is 5.41 Å². The molecule has 8 nitrogen and oxygen atoms in total. The molecule has 0 bridgehead atoms. The fraction of sp³-hybridized carbons (Fsp3) is 0.438. The van der Waals surface area contributed by atoms with Crippen molar-refractivity contribution in [2.75, 3.05) is 40.3 Å². The molecular formula is C16H22O8. The number of rotatable bonds is 13. The minimum absolute atomic E-state index is 0.0536. The molecule has 0 unspecified atom stereocenters. The third-order valence-electron chi connectivity index (χ3n) is 2.67. The first-order valence-electron chi connectivity index (χ1n) is 6.87. The van der Waals surface area contributed by atoms with Crippen LogP contribution in [0.2, 0.25) is 0 Å². The van der Waals surface area contributed by atoms with Gasteiger partial charge in [-0.1, -0.05) is 19.7 Å². The summed E-state index contributed by atoms with van der Waals surface area (Å²) in [4.78, 5) is 34.0. The van der Waals surface area contributed by atoms with E-state index >= 15 is 0 Å². The Balaban J connectivity index is 5.16. The van der Waals surface area contributed by atoms with Crippen LogP contribution >= 0.6 is 0 Å². The van der Waals surface area contributed by atoms with Crippen molar-refractivity contribution in [1.29, 1.82) is 0 Å². The van der Waals surface area contributed by atoms with Crippen LogP contribution < -0.4 is 0 Å². The molecule has 0 aromatic carbocycles. The van der Waals surface area contributed by atoms with Gasteiger partial charge in [-0.25, -0.2) is 14.4 Å². The molecule has 0 saturated carbocycles. The third-order valence-corrected chi connectivity index (χ3v) is 2.67. The standard InChI is InChI=1S/C16H22O8/c1-5-13(17)22-9-16(8-21-12-20-4,10-23-14(18)6-2)11-24-15(19)7-3/h5-7H,1-3,8-12H2,4H3. The fourth-order valence-electron chi connectivity index (χ4n) is 1.44. The fourth-order valence-corrected chi connectivity index (χ4v) is 1.44. The van der Waals surface area contributed by atoms with Crippen LogP contribution in [-0.2, 0) is 38.1 Å². The summed E-state index contributed by atoms with van der Waals surface area (Å²) in [5.74, 6) is -2.05. The van der Waals surface area contributed by atoms with Gasteiger partial charge in [-0.2, -0.15) is 0 Å². The van der Waals surface area contributed by atoms with E-state index in [1.807, 2.05) is 0 Å². The van der Waals surface area contributed by atoms with Crippen LogP contribution in [0.25, 0.3) is 0 Å². The van der Waals surface area contributed by atoms with Gasteiger partial charge in [0.15, 0.2) is 0 Å². The van der Waals surface area contributed by atoms with Gasteiger partial charge in [0.05, 0.1) is 12.0 Å². The zero-order chi connectivity index (χ0) is 18.4. The highest BCUT2D eigenvalue weighted by atomic mass is 16.7. The molecule has 0 aromatic heterocycles. The summed E-state index contributed by atoms with van der Waals surface area (Å²) in [6, 6.07) is 0. The van der Waals surface area contributed by atoms with Crippen LogP contribution in [0.5, 0.6) is 0 Å². The maximum Gasteiger partial charge on any atom is 0.330 e. The van der Waals surface area contributed by atoms with Gasteiger partial charge in [0.2, 0.25) is 0 Å². The van der Waals surface area contributed by atoms with E-state index in [-0.39, 0.29) is 33.2 Å². The number of ether oxygens (including phenoxy) is 5. The van der Waals surface area contributed by atoms with Gasteiger partial charge in [-0.15, -0.1) is 0 Å². The minimum Gasteiger partial charge on any atom is -0.462 e. The van der Waals surface area contributed by atoms with E-state index in [9.17, 15) is 14.4 Å². The van der Waals surface area contributed by atoms with Crippen molar-refractivity contribution < 1.29 is 38.1 Å². The Bertz CT molecular complexity index is 409. The maximum atomic E-state index is 11.3. The minimum atomic E-state index is -1.13. The van der Waals surface area contributed by atoms with Gasteiger partial charge in [0, 0.05) is 25.3 Å². The maximum absolute atomic E-state index is 11.3. The summed E-state index contributed by atoms with van der Waals surface area (Å²) in [6.07, 6.45) is 2.94. The monoisotopic (exact) mass is 342 g/mol. The van der Waals surface area contributed by atoms with Crippen molar-refractivity contribution in [3.05, 3.63) is 38.0 Å². The Morgan fingerprint density at radius 3 is 1.46 bits per heavy atom. The Labute approximate surface area is 140 Å². The normalized spacial score (nSPS) is 10.4. The number of methoxy groups -OCH3 is 1. The number of carbonyl (C=O) groups is 3. The van der Waals surface area contributed by atoms with E-state index in [4.69, 9.17) is 23.7 Å². The lowest BCUT2D eigenvalue weighted by Crippen LogP contribution is -2.43. The van der Waals surface area contributed by atoms with Crippen LogP contribution in [0.4, 0.5) is 0 Å². The lowest BCUT2D eigenvalue weighted by molar-refractivity contribution is -0.165. The van der Waals surface area contributed by atoms with E-state index in [2.05, 4.69) is 19.7 Å². The highest BCUT2D eigenvalue weighted by Gasteiger charge is 2.36. The van der Waals surface area contributed by atoms with Gasteiger partial charge >= 0.3 is 17.9 Å². The van der Waals surface area contributed by atoms with Crippen LogP contribution in [0.3, 0.4) is 0 Å². The molecule has 0 aliphatic rings. The lowest BCUT2D eigenvalue weighted by atomic mass is 9.92. The second kappa shape index (κ2) is 12.0. The molecule has 24 heavy (non-hydrogen) atoms. The smallest absolute Gasteiger partial charge is 0.330 e. The molecular weight excluding hydrogens is 320 g/mol. The van der Waals surface area contributed by atoms with E-state index in [0.717, 1.165) is 18.2 Å². The first-order chi connectivity index (χ1) is 11.4. The molecule has 0 atom stereocenters. The first kappa shape index (κ1) is 21.6. The highest BCUT2D eigenvalue weighted by Crippen LogP contribution is 2.21. The van der Waals surface area contributed by atoms with Crippen molar-refractivity contribution in [3.63, 3.8) is 0 Å². The summed E-state index contributed by atoms with van der Waals surface area (Å²) < 4.78 is 25.1. The molecule has 0 spiro atoms. The highest BCUT2D eigenvalue weighted by molar-refractivity contribution is 5.82. The molecule has 0 heterocycles. The average Bonchev–Trinajstić information content (AvgIpc) is 2.61. The van der Waals surface area contributed by atoms with Crippen LogP contribution in [0.15, 0.2) is 38.0 Å². The van der Waals surface area contributed by atoms with E-state index in [0.29, 0.717) is 0 Å². The quantitative estimate of drug-likeness (QED) is 0.159. The predicted octanol–water partition coefficient (Wildman–Crippen LogP) is 0.781. The van der Waals surface area contributed by atoms with E-state index in [1.54, 1.807) is 0 Å². The Morgan fingerprint density at radius 1 is 0.792 bits per heavy atom. The second-order valence-corrected chi connectivity index (χ2v) is 4.69. The molecule has 0 rings (SSSR count). The number of esters is 3. The van der Waals surface area contributed by atoms with Crippen molar-refractivity contribution in [3.8, 4) is 0 Å². The average molecular weight is 342 g/mol. The van der Waals surface area contributed by atoms with Crippen molar-refractivity contribution in [1.82, 2.24) is 0 Å². The van der Waals surface area contributed by atoms with Gasteiger partial charge in [-0.05, 0) is 0 Å². The topological polar surface area (TPSA) is 97.4 Å². The summed E-state index contributed by atoms with van der Waals surface area (Å²) in [6.45, 7) is 9.02. The van der Waals surface area contributed by atoms with E-state index in [1.165, 1.54) is 7.11 Å².